The van der Waals surface area contributed by atoms with Crippen LogP contribution in [0.4, 0.5) is 13.2 Å². The summed E-state index contributed by atoms with van der Waals surface area (Å²) in [6, 6.07) is 4.15. The second-order valence-corrected chi connectivity index (χ2v) is 3.83. The number of rotatable bonds is 2. The van der Waals surface area contributed by atoms with Crippen molar-refractivity contribution in [3.05, 3.63) is 29.3 Å². The first kappa shape index (κ1) is 13.3. The van der Waals surface area contributed by atoms with E-state index in [0.29, 0.717) is 5.75 Å². The normalized spacial score (nSPS) is 18.1. The van der Waals surface area contributed by atoms with Crippen molar-refractivity contribution in [3.8, 4) is 11.5 Å². The molecule has 19 heavy (non-hydrogen) atoms. The highest BCUT2D eigenvalue weighted by atomic mass is 19.4. The fourth-order valence-electron chi connectivity index (χ4n) is 1.71. The summed E-state index contributed by atoms with van der Waals surface area (Å²) in [7, 11) is 1.36. The molecule has 2 rings (SSSR count). The molecule has 0 spiro atoms. The van der Waals surface area contributed by atoms with Crippen LogP contribution in [0.5, 0.6) is 11.5 Å². The maximum Gasteiger partial charge on any atom is 0.429 e. The lowest BCUT2D eigenvalue weighted by Crippen LogP contribution is -2.44. The average Bonchev–Trinajstić information content (AvgIpc) is 2.35. The molecule has 1 aliphatic heterocycles. The van der Waals surface area contributed by atoms with E-state index in [1.165, 1.54) is 25.3 Å². The number of benzene rings is 1. The van der Waals surface area contributed by atoms with Gasteiger partial charge in [-0.05, 0) is 18.2 Å². The van der Waals surface area contributed by atoms with E-state index in [1.807, 2.05) is 0 Å². The van der Waals surface area contributed by atoms with Crippen LogP contribution >= 0.6 is 0 Å². The second kappa shape index (κ2) is 4.49. The topological polar surface area (TPSA) is 58.6 Å². The largest absolute Gasteiger partial charge is 0.545 e. The van der Waals surface area contributed by atoms with Crippen LogP contribution in [0, 0.1) is 0 Å². The Morgan fingerprint density at radius 3 is 2.63 bits per heavy atom. The van der Waals surface area contributed by atoms with Gasteiger partial charge in [0, 0.05) is 17.2 Å². The van der Waals surface area contributed by atoms with Gasteiger partial charge in [-0.3, -0.25) is 0 Å². The summed E-state index contributed by atoms with van der Waals surface area (Å²) in [5.74, 6) is -1.69. The highest BCUT2D eigenvalue weighted by Crippen LogP contribution is 2.38. The Bertz CT molecular complexity index is 548. The van der Waals surface area contributed by atoms with Crippen molar-refractivity contribution in [2.75, 3.05) is 7.11 Å². The molecular formula is C12H8F3O4-. The van der Waals surface area contributed by atoms with Gasteiger partial charge in [-0.25, -0.2) is 0 Å². The monoisotopic (exact) mass is 273 g/mol. The molecule has 4 nitrogen and oxygen atoms in total. The van der Waals surface area contributed by atoms with Crippen molar-refractivity contribution in [2.45, 2.75) is 12.3 Å². The summed E-state index contributed by atoms with van der Waals surface area (Å²) in [4.78, 5) is 10.8. The van der Waals surface area contributed by atoms with Gasteiger partial charge in [0.15, 0.2) is 0 Å². The third-order valence-electron chi connectivity index (χ3n) is 2.59. The predicted octanol–water partition coefficient (Wildman–Crippen LogP) is 1.15. The van der Waals surface area contributed by atoms with Crippen LogP contribution in [0.15, 0.2) is 23.8 Å². The van der Waals surface area contributed by atoms with E-state index in [9.17, 15) is 23.1 Å². The molecule has 1 aromatic rings. The number of aliphatic carboxylic acids is 1. The van der Waals surface area contributed by atoms with Crippen molar-refractivity contribution in [3.63, 3.8) is 0 Å². The Labute approximate surface area is 106 Å². The van der Waals surface area contributed by atoms with Crippen LogP contribution in [-0.4, -0.2) is 25.4 Å². The highest BCUT2D eigenvalue weighted by Gasteiger charge is 2.46. The zero-order valence-corrected chi connectivity index (χ0v) is 9.65. The Balaban J connectivity index is 2.51. The second-order valence-electron chi connectivity index (χ2n) is 3.83. The number of alkyl halides is 3. The Morgan fingerprint density at radius 1 is 1.42 bits per heavy atom. The van der Waals surface area contributed by atoms with E-state index in [0.717, 1.165) is 6.08 Å². The molecule has 0 aliphatic carbocycles. The summed E-state index contributed by atoms with van der Waals surface area (Å²) in [5.41, 5.74) is -0.731. The molecule has 1 atom stereocenters. The van der Waals surface area contributed by atoms with E-state index in [1.54, 1.807) is 0 Å². The summed E-state index contributed by atoms with van der Waals surface area (Å²) in [6.07, 6.45) is -6.49. The lowest BCUT2D eigenvalue weighted by molar-refractivity contribution is -0.302. The van der Waals surface area contributed by atoms with Crippen molar-refractivity contribution in [2.24, 2.45) is 0 Å². The van der Waals surface area contributed by atoms with Crippen LogP contribution in [0.25, 0.3) is 6.08 Å². The van der Waals surface area contributed by atoms with Crippen LogP contribution in [0.3, 0.4) is 0 Å². The first-order valence-electron chi connectivity index (χ1n) is 5.17. The van der Waals surface area contributed by atoms with Gasteiger partial charge < -0.3 is 19.4 Å². The van der Waals surface area contributed by atoms with E-state index in [2.05, 4.69) is 0 Å². The molecule has 0 saturated heterocycles. The molecule has 0 saturated carbocycles. The quantitative estimate of drug-likeness (QED) is 0.811. The molecule has 0 fully saturated rings. The first-order chi connectivity index (χ1) is 8.82. The molecule has 1 aromatic carbocycles. The van der Waals surface area contributed by atoms with Crippen molar-refractivity contribution >= 4 is 12.0 Å². The molecule has 0 aromatic heterocycles. The van der Waals surface area contributed by atoms with Crippen LogP contribution < -0.4 is 14.6 Å². The number of ether oxygens (including phenoxy) is 2. The van der Waals surface area contributed by atoms with E-state index in [4.69, 9.17) is 9.47 Å². The number of fused-ring (bicyclic) bond motifs is 1. The fraction of sp³-hybridized carbons (Fsp3) is 0.250. The Morgan fingerprint density at radius 2 is 2.11 bits per heavy atom. The maximum atomic E-state index is 12.7. The molecule has 1 heterocycles. The Hall–Kier alpha value is -2.18. The summed E-state index contributed by atoms with van der Waals surface area (Å²) in [5, 5.41) is 10.8. The number of carbonyl (C=O) groups excluding carboxylic acids is 1. The third kappa shape index (κ3) is 2.49. The van der Waals surface area contributed by atoms with Gasteiger partial charge in [-0.2, -0.15) is 13.2 Å². The minimum absolute atomic E-state index is 0.0910. The molecule has 0 N–H and O–H groups in total. The van der Waals surface area contributed by atoms with Gasteiger partial charge in [-0.15, -0.1) is 0 Å². The zero-order chi connectivity index (χ0) is 14.2. The highest BCUT2D eigenvalue weighted by molar-refractivity contribution is 5.93. The SMILES string of the molecule is COc1ccc2c(c1)OC(C(F)(F)F)C(C(=O)[O-])=C2. The van der Waals surface area contributed by atoms with Gasteiger partial charge in [-0.1, -0.05) is 0 Å². The minimum atomic E-state index is -4.84. The summed E-state index contributed by atoms with van der Waals surface area (Å²) < 4.78 is 47.8. The van der Waals surface area contributed by atoms with E-state index in [-0.39, 0.29) is 11.3 Å². The van der Waals surface area contributed by atoms with Gasteiger partial charge in [0.2, 0.25) is 6.10 Å². The number of hydrogen-bond acceptors (Lipinski definition) is 4. The van der Waals surface area contributed by atoms with Crippen molar-refractivity contribution < 1.29 is 32.5 Å². The summed E-state index contributed by atoms with van der Waals surface area (Å²) in [6.45, 7) is 0. The minimum Gasteiger partial charge on any atom is -0.545 e. The van der Waals surface area contributed by atoms with Crippen LogP contribution in [0.2, 0.25) is 0 Å². The molecule has 1 aliphatic rings. The number of carboxylic acid groups (broad SMARTS) is 1. The van der Waals surface area contributed by atoms with Gasteiger partial charge in [0.05, 0.1) is 13.1 Å². The molecule has 0 radical (unpaired) electrons. The number of methoxy groups -OCH3 is 1. The van der Waals surface area contributed by atoms with Gasteiger partial charge >= 0.3 is 6.18 Å². The Kier molecular flexibility index (Phi) is 3.13. The number of carboxylic acids is 1. The molecule has 1 unspecified atom stereocenters. The molecule has 7 heteroatoms. The zero-order valence-electron chi connectivity index (χ0n) is 9.65. The molecule has 0 amide bonds. The summed E-state index contributed by atoms with van der Waals surface area (Å²) >= 11 is 0. The standard InChI is InChI=1S/C12H9F3O4/c1-18-7-3-2-6-4-8(11(16)17)10(12(13,14)15)19-9(6)5-7/h2-5,10H,1H3,(H,16,17)/p-1. The van der Waals surface area contributed by atoms with E-state index < -0.39 is 23.8 Å². The number of hydrogen-bond donors (Lipinski definition) is 0. The predicted molar refractivity (Wildman–Crippen MR) is 56.4 cm³/mol. The van der Waals surface area contributed by atoms with Gasteiger partial charge in [0.25, 0.3) is 0 Å². The van der Waals surface area contributed by atoms with Crippen molar-refractivity contribution in [1.29, 1.82) is 0 Å². The lowest BCUT2D eigenvalue weighted by Gasteiger charge is -2.29. The third-order valence-corrected chi connectivity index (χ3v) is 2.59. The van der Waals surface area contributed by atoms with Gasteiger partial charge in [0.1, 0.15) is 11.5 Å². The van der Waals surface area contributed by atoms with E-state index >= 15 is 0 Å². The number of carbonyl (C=O) groups is 1. The average molecular weight is 273 g/mol. The molecule has 102 valence electrons. The number of halogens is 3. The smallest absolute Gasteiger partial charge is 0.429 e. The molecular weight excluding hydrogens is 265 g/mol. The van der Waals surface area contributed by atoms with Crippen LogP contribution in [0.1, 0.15) is 5.56 Å². The van der Waals surface area contributed by atoms with Crippen LogP contribution in [-0.2, 0) is 4.79 Å². The maximum absolute atomic E-state index is 12.7. The fourth-order valence-corrected chi connectivity index (χ4v) is 1.71. The molecule has 0 bridgehead atoms. The first-order valence-corrected chi connectivity index (χ1v) is 5.17. The van der Waals surface area contributed by atoms with Crippen molar-refractivity contribution in [1.82, 2.24) is 0 Å². The lowest BCUT2D eigenvalue weighted by atomic mass is 10.0.